The van der Waals surface area contributed by atoms with Gasteiger partial charge in [0.2, 0.25) is 0 Å². The van der Waals surface area contributed by atoms with E-state index in [4.69, 9.17) is 5.11 Å². The quantitative estimate of drug-likeness (QED) is 0.880. The highest BCUT2D eigenvalue weighted by Gasteiger charge is 2.25. The molecule has 1 aliphatic carbocycles. The van der Waals surface area contributed by atoms with E-state index >= 15 is 0 Å². The van der Waals surface area contributed by atoms with Crippen LogP contribution in [0.4, 0.5) is 0 Å². The molecule has 0 aliphatic heterocycles. The SMILES string of the molecule is CC1(NCc2ccc(C(=O)O)cc2Br)CCCCC1. The number of nitrogens with one attached hydrogen (secondary N) is 1. The summed E-state index contributed by atoms with van der Waals surface area (Å²) < 4.78 is 0.860. The molecule has 1 saturated carbocycles. The molecule has 0 bridgehead atoms. The third kappa shape index (κ3) is 3.80. The number of hydrogen-bond acceptors (Lipinski definition) is 2. The minimum Gasteiger partial charge on any atom is -0.478 e. The van der Waals surface area contributed by atoms with Crippen molar-refractivity contribution >= 4 is 21.9 Å². The highest BCUT2D eigenvalue weighted by Crippen LogP contribution is 2.28. The van der Waals surface area contributed by atoms with Gasteiger partial charge in [0.15, 0.2) is 0 Å². The number of hydrogen-bond donors (Lipinski definition) is 2. The van der Waals surface area contributed by atoms with Gasteiger partial charge in [0, 0.05) is 16.6 Å². The van der Waals surface area contributed by atoms with E-state index in [0.29, 0.717) is 5.56 Å². The molecule has 0 heterocycles. The van der Waals surface area contributed by atoms with Gasteiger partial charge in [0.25, 0.3) is 0 Å². The number of carboxylic acids is 1. The number of benzene rings is 1. The second kappa shape index (κ2) is 6.06. The highest BCUT2D eigenvalue weighted by atomic mass is 79.9. The zero-order valence-electron chi connectivity index (χ0n) is 11.2. The smallest absolute Gasteiger partial charge is 0.335 e. The summed E-state index contributed by atoms with van der Waals surface area (Å²) in [7, 11) is 0. The Morgan fingerprint density at radius 3 is 2.63 bits per heavy atom. The lowest BCUT2D eigenvalue weighted by molar-refractivity contribution is 0.0697. The van der Waals surface area contributed by atoms with E-state index in [0.717, 1.165) is 16.6 Å². The van der Waals surface area contributed by atoms with Crippen molar-refractivity contribution in [3.05, 3.63) is 33.8 Å². The molecule has 104 valence electrons. The van der Waals surface area contributed by atoms with Gasteiger partial charge in [-0.25, -0.2) is 4.79 Å². The van der Waals surface area contributed by atoms with Crippen LogP contribution in [0.2, 0.25) is 0 Å². The van der Waals surface area contributed by atoms with Gasteiger partial charge in [-0.15, -0.1) is 0 Å². The summed E-state index contributed by atoms with van der Waals surface area (Å²) >= 11 is 3.45. The second-order valence-corrected chi connectivity index (χ2v) is 6.44. The fourth-order valence-corrected chi connectivity index (χ4v) is 3.16. The van der Waals surface area contributed by atoms with Gasteiger partial charge in [0.05, 0.1) is 5.56 Å². The molecule has 1 aromatic rings. The van der Waals surface area contributed by atoms with Crippen LogP contribution in [0.3, 0.4) is 0 Å². The Bertz CT molecular complexity index is 467. The van der Waals surface area contributed by atoms with Crippen LogP contribution in [0.5, 0.6) is 0 Å². The van der Waals surface area contributed by atoms with Crippen molar-refractivity contribution < 1.29 is 9.90 Å². The zero-order valence-corrected chi connectivity index (χ0v) is 12.8. The van der Waals surface area contributed by atoms with Gasteiger partial charge in [-0.05, 0) is 37.5 Å². The number of carbonyl (C=O) groups is 1. The molecule has 1 fully saturated rings. The summed E-state index contributed by atoms with van der Waals surface area (Å²) in [5, 5.41) is 12.6. The molecular formula is C15H20BrNO2. The molecule has 1 aromatic carbocycles. The van der Waals surface area contributed by atoms with E-state index in [2.05, 4.69) is 28.2 Å². The van der Waals surface area contributed by atoms with Crippen molar-refractivity contribution in [1.29, 1.82) is 0 Å². The first-order valence-corrected chi connectivity index (χ1v) is 7.56. The van der Waals surface area contributed by atoms with Gasteiger partial charge >= 0.3 is 5.97 Å². The van der Waals surface area contributed by atoms with Crippen molar-refractivity contribution in [2.75, 3.05) is 0 Å². The molecule has 3 nitrogen and oxygen atoms in total. The van der Waals surface area contributed by atoms with E-state index in [-0.39, 0.29) is 5.54 Å². The van der Waals surface area contributed by atoms with Crippen LogP contribution in [-0.4, -0.2) is 16.6 Å². The molecular weight excluding hydrogens is 306 g/mol. The number of rotatable bonds is 4. The predicted octanol–water partition coefficient (Wildman–Crippen LogP) is 3.96. The normalized spacial score (nSPS) is 18.2. The maximum atomic E-state index is 10.9. The Kier molecular flexibility index (Phi) is 4.63. The van der Waals surface area contributed by atoms with Crippen LogP contribution < -0.4 is 5.32 Å². The monoisotopic (exact) mass is 325 g/mol. The molecule has 0 spiro atoms. The first-order chi connectivity index (χ1) is 9.00. The number of aromatic carboxylic acids is 1. The summed E-state index contributed by atoms with van der Waals surface area (Å²) in [5.41, 5.74) is 1.65. The molecule has 0 unspecified atom stereocenters. The van der Waals surface area contributed by atoms with Gasteiger partial charge in [0.1, 0.15) is 0 Å². The lowest BCUT2D eigenvalue weighted by Crippen LogP contribution is -2.43. The molecule has 0 radical (unpaired) electrons. The standard InChI is InChI=1S/C15H20BrNO2/c1-15(7-3-2-4-8-15)17-10-12-6-5-11(14(18)19)9-13(12)16/h5-6,9,17H,2-4,7-8,10H2,1H3,(H,18,19). The van der Waals surface area contributed by atoms with E-state index in [9.17, 15) is 4.79 Å². The fourth-order valence-electron chi connectivity index (χ4n) is 2.64. The molecule has 2 N–H and O–H groups in total. The average molecular weight is 326 g/mol. The largest absolute Gasteiger partial charge is 0.478 e. The Balaban J connectivity index is 2.01. The van der Waals surface area contributed by atoms with Gasteiger partial charge < -0.3 is 10.4 Å². The van der Waals surface area contributed by atoms with Gasteiger partial charge in [-0.1, -0.05) is 41.3 Å². The molecule has 0 atom stereocenters. The summed E-state index contributed by atoms with van der Waals surface area (Å²) in [5.74, 6) is -0.889. The Hall–Kier alpha value is -0.870. The summed E-state index contributed by atoms with van der Waals surface area (Å²) in [4.78, 5) is 10.9. The van der Waals surface area contributed by atoms with Crippen molar-refractivity contribution in [3.63, 3.8) is 0 Å². The molecule has 0 saturated heterocycles. The van der Waals surface area contributed by atoms with E-state index in [1.165, 1.54) is 32.1 Å². The summed E-state index contributed by atoms with van der Waals surface area (Å²) in [6, 6.07) is 5.21. The first-order valence-electron chi connectivity index (χ1n) is 6.77. The Morgan fingerprint density at radius 2 is 2.05 bits per heavy atom. The maximum absolute atomic E-state index is 10.9. The topological polar surface area (TPSA) is 49.3 Å². The third-order valence-corrected chi connectivity index (χ3v) is 4.70. The molecule has 1 aliphatic rings. The minimum absolute atomic E-state index is 0.225. The maximum Gasteiger partial charge on any atom is 0.335 e. The molecule has 19 heavy (non-hydrogen) atoms. The summed E-state index contributed by atoms with van der Waals surface area (Å²) in [6.07, 6.45) is 6.37. The fraction of sp³-hybridized carbons (Fsp3) is 0.533. The van der Waals surface area contributed by atoms with Gasteiger partial charge in [-0.3, -0.25) is 0 Å². The van der Waals surface area contributed by atoms with Crippen molar-refractivity contribution in [3.8, 4) is 0 Å². The predicted molar refractivity (Wildman–Crippen MR) is 79.4 cm³/mol. The molecule has 4 heteroatoms. The Labute approximate surface area is 122 Å². The average Bonchev–Trinajstić information content (AvgIpc) is 2.38. The zero-order chi connectivity index (χ0) is 13.9. The molecule has 0 amide bonds. The van der Waals surface area contributed by atoms with Crippen molar-refractivity contribution in [2.45, 2.75) is 51.1 Å². The lowest BCUT2D eigenvalue weighted by Gasteiger charge is -2.35. The van der Waals surface area contributed by atoms with Crippen LogP contribution >= 0.6 is 15.9 Å². The van der Waals surface area contributed by atoms with Gasteiger partial charge in [-0.2, -0.15) is 0 Å². The van der Waals surface area contributed by atoms with Crippen LogP contribution in [0.1, 0.15) is 54.9 Å². The van der Waals surface area contributed by atoms with Crippen LogP contribution in [-0.2, 0) is 6.54 Å². The van der Waals surface area contributed by atoms with E-state index < -0.39 is 5.97 Å². The molecule has 0 aromatic heterocycles. The Morgan fingerprint density at radius 1 is 1.37 bits per heavy atom. The number of carboxylic acid groups (broad SMARTS) is 1. The summed E-state index contributed by atoms with van der Waals surface area (Å²) in [6.45, 7) is 3.06. The second-order valence-electron chi connectivity index (χ2n) is 5.59. The third-order valence-electron chi connectivity index (χ3n) is 3.96. The molecule has 2 rings (SSSR count). The van der Waals surface area contributed by atoms with E-state index in [1.54, 1.807) is 12.1 Å². The van der Waals surface area contributed by atoms with Crippen molar-refractivity contribution in [1.82, 2.24) is 5.32 Å². The van der Waals surface area contributed by atoms with Crippen molar-refractivity contribution in [2.24, 2.45) is 0 Å². The highest BCUT2D eigenvalue weighted by molar-refractivity contribution is 9.10. The minimum atomic E-state index is -0.889. The van der Waals surface area contributed by atoms with Crippen LogP contribution in [0.25, 0.3) is 0 Å². The first kappa shape index (κ1) is 14.5. The number of halogens is 1. The van der Waals surface area contributed by atoms with Crippen LogP contribution in [0.15, 0.2) is 22.7 Å². The van der Waals surface area contributed by atoms with Crippen LogP contribution in [0, 0.1) is 0 Å². The van der Waals surface area contributed by atoms with E-state index in [1.807, 2.05) is 6.07 Å². The lowest BCUT2D eigenvalue weighted by atomic mass is 9.83.